The minimum absolute atomic E-state index is 0.153. The van der Waals surface area contributed by atoms with E-state index < -0.39 is 0 Å². The summed E-state index contributed by atoms with van der Waals surface area (Å²) in [5.74, 6) is 0.153. The summed E-state index contributed by atoms with van der Waals surface area (Å²) < 4.78 is 2.18. The second kappa shape index (κ2) is 7.26. The Morgan fingerprint density at radius 3 is 2.80 bits per heavy atom. The molecular weight excluding hydrogens is 310 g/mol. The molecule has 0 saturated carbocycles. The lowest BCUT2D eigenvalue weighted by Crippen LogP contribution is -2.39. The Balaban J connectivity index is 1.96. The van der Waals surface area contributed by atoms with Crippen LogP contribution < -0.4 is 0 Å². The molecule has 0 N–H and O–H groups in total. The molecule has 4 heteroatoms. The van der Waals surface area contributed by atoms with Crippen molar-refractivity contribution < 1.29 is 4.79 Å². The highest BCUT2D eigenvalue weighted by Gasteiger charge is 2.30. The van der Waals surface area contributed by atoms with Gasteiger partial charge in [-0.2, -0.15) is 0 Å². The van der Waals surface area contributed by atoms with Crippen LogP contribution in [0.4, 0.5) is 0 Å². The van der Waals surface area contributed by atoms with Crippen molar-refractivity contribution in [2.75, 3.05) is 13.1 Å². The number of allylic oxidation sites excluding steroid dienone is 1. The van der Waals surface area contributed by atoms with Crippen molar-refractivity contribution in [2.45, 2.75) is 40.0 Å². The van der Waals surface area contributed by atoms with Gasteiger partial charge >= 0.3 is 0 Å². The Morgan fingerprint density at radius 1 is 1.32 bits per heavy atom. The Labute approximate surface area is 149 Å². The number of aromatic nitrogens is 1. The minimum Gasteiger partial charge on any atom is -0.347 e. The van der Waals surface area contributed by atoms with Gasteiger partial charge in [-0.25, -0.2) is 0 Å². The average Bonchev–Trinajstić information content (AvgIpc) is 2.90. The first-order valence-electron chi connectivity index (χ1n) is 9.11. The SMILES string of the molecule is C/C=N\C(C)=C(/CCC)CN1CCc2c(c3ccccc3n2C)C1=O. The fourth-order valence-electron chi connectivity index (χ4n) is 3.82. The van der Waals surface area contributed by atoms with E-state index in [1.54, 1.807) is 0 Å². The zero-order valence-electron chi connectivity index (χ0n) is 15.7. The maximum atomic E-state index is 13.2. The molecule has 0 bridgehead atoms. The number of para-hydroxylation sites is 1. The topological polar surface area (TPSA) is 37.6 Å². The summed E-state index contributed by atoms with van der Waals surface area (Å²) in [6, 6.07) is 8.19. The van der Waals surface area contributed by atoms with Gasteiger partial charge < -0.3 is 9.47 Å². The molecule has 2 aromatic rings. The molecule has 1 aromatic heterocycles. The van der Waals surface area contributed by atoms with Gasteiger partial charge in [-0.3, -0.25) is 9.79 Å². The third kappa shape index (κ3) is 3.13. The van der Waals surface area contributed by atoms with Crippen LogP contribution in [0, 0.1) is 0 Å². The second-order valence-electron chi connectivity index (χ2n) is 6.70. The van der Waals surface area contributed by atoms with Crippen LogP contribution in [-0.2, 0) is 13.5 Å². The fraction of sp³-hybridized carbons (Fsp3) is 0.429. The van der Waals surface area contributed by atoms with E-state index in [1.807, 2.05) is 37.1 Å². The maximum absolute atomic E-state index is 13.2. The molecule has 1 aromatic carbocycles. The first-order valence-corrected chi connectivity index (χ1v) is 9.11. The first kappa shape index (κ1) is 17.5. The molecule has 0 fully saturated rings. The van der Waals surface area contributed by atoms with Gasteiger partial charge in [0.1, 0.15) is 0 Å². The molecule has 0 saturated heterocycles. The largest absolute Gasteiger partial charge is 0.347 e. The molecule has 0 atom stereocenters. The number of hydrogen-bond donors (Lipinski definition) is 0. The standard InChI is InChI=1S/C21H27N3O/c1-5-9-16(15(3)22-6-2)14-24-13-12-19-20(21(24)25)17-10-7-8-11-18(17)23(19)4/h6-8,10-11H,5,9,12-14H2,1-4H3/b16-15+,22-6-. The smallest absolute Gasteiger partial charge is 0.256 e. The van der Waals surface area contributed by atoms with E-state index in [9.17, 15) is 4.79 Å². The number of rotatable bonds is 5. The molecule has 1 aliphatic rings. The molecule has 3 rings (SSSR count). The summed E-state index contributed by atoms with van der Waals surface area (Å²) in [4.78, 5) is 19.7. The minimum atomic E-state index is 0.153. The molecule has 132 valence electrons. The first-order chi connectivity index (χ1) is 12.1. The summed E-state index contributed by atoms with van der Waals surface area (Å²) in [5.41, 5.74) is 5.49. The molecule has 0 radical (unpaired) electrons. The summed E-state index contributed by atoms with van der Waals surface area (Å²) in [5, 5.41) is 1.07. The summed E-state index contributed by atoms with van der Waals surface area (Å²) in [6.07, 6.45) is 4.77. The summed E-state index contributed by atoms with van der Waals surface area (Å²) in [7, 11) is 2.06. The van der Waals surface area contributed by atoms with Gasteiger partial charge in [0, 0.05) is 55.1 Å². The molecule has 4 nitrogen and oxygen atoms in total. The highest BCUT2D eigenvalue weighted by atomic mass is 16.2. The van der Waals surface area contributed by atoms with Crippen LogP contribution in [0.1, 0.15) is 49.7 Å². The highest BCUT2D eigenvalue weighted by Crippen LogP contribution is 2.30. The molecule has 2 heterocycles. The molecule has 0 aliphatic carbocycles. The lowest BCUT2D eigenvalue weighted by Gasteiger charge is -2.29. The Kier molecular flexibility index (Phi) is 5.07. The van der Waals surface area contributed by atoms with Gasteiger partial charge in [0.25, 0.3) is 5.91 Å². The lowest BCUT2D eigenvalue weighted by atomic mass is 10.0. The molecule has 25 heavy (non-hydrogen) atoms. The fourth-order valence-corrected chi connectivity index (χ4v) is 3.82. The monoisotopic (exact) mass is 337 g/mol. The van der Waals surface area contributed by atoms with Crippen LogP contribution in [0.15, 0.2) is 40.5 Å². The molecule has 0 spiro atoms. The Hall–Kier alpha value is -2.36. The van der Waals surface area contributed by atoms with Crippen molar-refractivity contribution in [1.82, 2.24) is 9.47 Å². The quantitative estimate of drug-likeness (QED) is 0.748. The lowest BCUT2D eigenvalue weighted by molar-refractivity contribution is 0.0753. The molecule has 1 aliphatic heterocycles. The van der Waals surface area contributed by atoms with Crippen LogP contribution in [0.25, 0.3) is 10.9 Å². The van der Waals surface area contributed by atoms with Crippen molar-refractivity contribution in [2.24, 2.45) is 12.0 Å². The van der Waals surface area contributed by atoms with E-state index in [0.29, 0.717) is 6.54 Å². The van der Waals surface area contributed by atoms with Crippen LogP contribution in [0.5, 0.6) is 0 Å². The van der Waals surface area contributed by atoms with Crippen molar-refractivity contribution in [3.63, 3.8) is 0 Å². The van der Waals surface area contributed by atoms with Crippen molar-refractivity contribution in [1.29, 1.82) is 0 Å². The number of carbonyl (C=O) groups excluding carboxylic acids is 1. The van der Waals surface area contributed by atoms with Crippen molar-refractivity contribution >= 4 is 23.0 Å². The third-order valence-electron chi connectivity index (χ3n) is 5.12. The van der Waals surface area contributed by atoms with E-state index >= 15 is 0 Å². The van der Waals surface area contributed by atoms with Gasteiger partial charge in [-0.05, 0) is 31.9 Å². The normalized spacial score (nSPS) is 15.8. The predicted octanol–water partition coefficient (Wildman–Crippen LogP) is 4.34. The van der Waals surface area contributed by atoms with Crippen LogP contribution >= 0.6 is 0 Å². The molecule has 0 unspecified atom stereocenters. The van der Waals surface area contributed by atoms with Gasteiger partial charge in [0.15, 0.2) is 0 Å². The van der Waals surface area contributed by atoms with Gasteiger partial charge in [0.2, 0.25) is 0 Å². The highest BCUT2D eigenvalue weighted by molar-refractivity contribution is 6.09. The zero-order chi connectivity index (χ0) is 18.0. The van der Waals surface area contributed by atoms with Gasteiger partial charge in [-0.15, -0.1) is 0 Å². The molecule has 1 amide bonds. The number of benzene rings is 1. The zero-order valence-corrected chi connectivity index (χ0v) is 15.7. The third-order valence-corrected chi connectivity index (χ3v) is 5.12. The van der Waals surface area contributed by atoms with E-state index in [-0.39, 0.29) is 5.91 Å². The van der Waals surface area contributed by atoms with E-state index in [0.717, 1.165) is 53.7 Å². The number of amides is 1. The van der Waals surface area contributed by atoms with Gasteiger partial charge in [0.05, 0.1) is 5.56 Å². The van der Waals surface area contributed by atoms with Crippen LogP contribution in [0.2, 0.25) is 0 Å². The average molecular weight is 337 g/mol. The summed E-state index contributed by atoms with van der Waals surface area (Å²) in [6.45, 7) is 7.60. The number of nitrogens with zero attached hydrogens (tertiary/aromatic N) is 3. The Bertz CT molecular complexity index is 857. The second-order valence-corrected chi connectivity index (χ2v) is 6.70. The van der Waals surface area contributed by atoms with Crippen LogP contribution in [0.3, 0.4) is 0 Å². The number of aryl methyl sites for hydroxylation is 1. The van der Waals surface area contributed by atoms with E-state index in [1.165, 1.54) is 5.57 Å². The van der Waals surface area contributed by atoms with E-state index in [2.05, 4.69) is 35.7 Å². The van der Waals surface area contributed by atoms with E-state index in [4.69, 9.17) is 0 Å². The number of fused-ring (bicyclic) bond motifs is 3. The molecular formula is C21H27N3O. The maximum Gasteiger partial charge on any atom is 0.256 e. The van der Waals surface area contributed by atoms with Crippen molar-refractivity contribution in [3.05, 3.63) is 46.8 Å². The summed E-state index contributed by atoms with van der Waals surface area (Å²) >= 11 is 0. The number of carbonyl (C=O) groups is 1. The number of aliphatic imine (C=N–C) groups is 1. The predicted molar refractivity (Wildman–Crippen MR) is 104 cm³/mol. The van der Waals surface area contributed by atoms with Crippen LogP contribution in [-0.4, -0.2) is 34.7 Å². The van der Waals surface area contributed by atoms with Gasteiger partial charge in [-0.1, -0.05) is 31.5 Å². The Morgan fingerprint density at radius 2 is 2.08 bits per heavy atom. The van der Waals surface area contributed by atoms with Crippen molar-refractivity contribution in [3.8, 4) is 0 Å². The number of hydrogen-bond acceptors (Lipinski definition) is 2.